The highest BCUT2D eigenvalue weighted by molar-refractivity contribution is 5.66. The van der Waals surface area contributed by atoms with E-state index in [0.717, 1.165) is 19.3 Å². The molecule has 0 aromatic rings. The van der Waals surface area contributed by atoms with Crippen molar-refractivity contribution in [2.75, 3.05) is 0 Å². The van der Waals surface area contributed by atoms with Crippen molar-refractivity contribution in [3.63, 3.8) is 0 Å². The van der Waals surface area contributed by atoms with E-state index in [0.29, 0.717) is 18.8 Å². The molecule has 1 aliphatic carbocycles. The summed E-state index contributed by atoms with van der Waals surface area (Å²) in [5.74, 6) is -0.287. The molecule has 0 aromatic carbocycles. The molecule has 1 aliphatic rings. The van der Waals surface area contributed by atoms with Crippen LogP contribution in [0.4, 0.5) is 4.39 Å². The van der Waals surface area contributed by atoms with Gasteiger partial charge in [-0.3, -0.25) is 4.79 Å². The Balaban J connectivity index is 2.13. The lowest BCUT2D eigenvalue weighted by atomic mass is 9.85. The van der Waals surface area contributed by atoms with Crippen LogP contribution >= 0.6 is 0 Å². The summed E-state index contributed by atoms with van der Waals surface area (Å²) >= 11 is 0. The second-order valence-corrected chi connectivity index (χ2v) is 3.55. The van der Waals surface area contributed by atoms with Crippen LogP contribution in [0, 0.1) is 5.92 Å². The first-order valence-corrected chi connectivity index (χ1v) is 4.54. The van der Waals surface area contributed by atoms with Gasteiger partial charge in [-0.1, -0.05) is 0 Å². The monoisotopic (exact) mass is 174 g/mol. The van der Waals surface area contributed by atoms with Gasteiger partial charge < -0.3 is 5.11 Å². The smallest absolute Gasteiger partial charge is 0.303 e. The first kappa shape index (κ1) is 9.49. The fraction of sp³-hybridized carbons (Fsp3) is 0.889. The summed E-state index contributed by atoms with van der Waals surface area (Å²) in [5, 5.41) is 8.42. The zero-order chi connectivity index (χ0) is 8.97. The molecule has 12 heavy (non-hydrogen) atoms. The van der Waals surface area contributed by atoms with E-state index in [1.54, 1.807) is 0 Å². The number of carboxylic acid groups (broad SMARTS) is 1. The molecule has 0 aromatic heterocycles. The summed E-state index contributed by atoms with van der Waals surface area (Å²) in [5.41, 5.74) is 0. The van der Waals surface area contributed by atoms with Crippen molar-refractivity contribution in [1.82, 2.24) is 0 Å². The average Bonchev–Trinajstić information content (AvgIpc) is 2.03. The molecule has 70 valence electrons. The number of halogens is 1. The predicted octanol–water partition coefficient (Wildman–Crippen LogP) is 2.38. The molecular weight excluding hydrogens is 159 g/mol. The number of hydrogen-bond acceptors (Lipinski definition) is 1. The topological polar surface area (TPSA) is 37.3 Å². The van der Waals surface area contributed by atoms with Crippen LogP contribution in [-0.2, 0) is 4.79 Å². The van der Waals surface area contributed by atoms with E-state index in [1.807, 2.05) is 0 Å². The van der Waals surface area contributed by atoms with Gasteiger partial charge in [0.05, 0.1) is 0 Å². The van der Waals surface area contributed by atoms with Gasteiger partial charge in [-0.2, -0.15) is 0 Å². The third-order valence-corrected chi connectivity index (χ3v) is 2.54. The number of rotatable bonds is 3. The first-order chi connectivity index (χ1) is 5.68. The maximum absolute atomic E-state index is 12.6. The molecule has 0 radical (unpaired) electrons. The molecule has 0 unspecified atom stereocenters. The molecule has 0 atom stereocenters. The summed E-state index contributed by atoms with van der Waals surface area (Å²) in [4.78, 5) is 10.2. The highest BCUT2D eigenvalue weighted by atomic mass is 19.1. The van der Waals surface area contributed by atoms with Gasteiger partial charge in [0.25, 0.3) is 0 Å². The first-order valence-electron chi connectivity index (χ1n) is 4.54. The van der Waals surface area contributed by atoms with Crippen molar-refractivity contribution < 1.29 is 14.3 Å². The molecule has 1 rings (SSSR count). The Morgan fingerprint density at radius 1 is 1.33 bits per heavy atom. The van der Waals surface area contributed by atoms with E-state index in [2.05, 4.69) is 0 Å². The summed E-state index contributed by atoms with van der Waals surface area (Å²) in [6.45, 7) is 0. The largest absolute Gasteiger partial charge is 0.481 e. The van der Waals surface area contributed by atoms with E-state index < -0.39 is 12.1 Å². The van der Waals surface area contributed by atoms with Crippen LogP contribution in [0.25, 0.3) is 0 Å². The van der Waals surface area contributed by atoms with Crippen molar-refractivity contribution in [3.05, 3.63) is 0 Å². The SMILES string of the molecule is O=C(O)CCC1CCC(F)CC1. The van der Waals surface area contributed by atoms with Gasteiger partial charge >= 0.3 is 5.97 Å². The van der Waals surface area contributed by atoms with Crippen LogP contribution in [0.5, 0.6) is 0 Å². The van der Waals surface area contributed by atoms with E-state index in [9.17, 15) is 9.18 Å². The number of hydrogen-bond donors (Lipinski definition) is 1. The normalized spacial score (nSPS) is 30.1. The number of alkyl halides is 1. The Morgan fingerprint density at radius 3 is 2.42 bits per heavy atom. The van der Waals surface area contributed by atoms with Crippen molar-refractivity contribution in [1.29, 1.82) is 0 Å². The van der Waals surface area contributed by atoms with Gasteiger partial charge in [0.15, 0.2) is 0 Å². The van der Waals surface area contributed by atoms with Crippen LogP contribution in [0.2, 0.25) is 0 Å². The second-order valence-electron chi connectivity index (χ2n) is 3.55. The maximum atomic E-state index is 12.6. The molecule has 0 bridgehead atoms. The zero-order valence-corrected chi connectivity index (χ0v) is 7.13. The van der Waals surface area contributed by atoms with Gasteiger partial charge in [0.2, 0.25) is 0 Å². The van der Waals surface area contributed by atoms with Gasteiger partial charge in [-0.15, -0.1) is 0 Å². The van der Waals surface area contributed by atoms with E-state index in [4.69, 9.17) is 5.11 Å². The van der Waals surface area contributed by atoms with Crippen LogP contribution in [0.15, 0.2) is 0 Å². The molecule has 0 amide bonds. The Hall–Kier alpha value is -0.600. The fourth-order valence-electron chi connectivity index (χ4n) is 1.74. The van der Waals surface area contributed by atoms with Gasteiger partial charge in [-0.05, 0) is 38.0 Å². The molecule has 1 fully saturated rings. The molecule has 1 N–H and O–H groups in total. The predicted molar refractivity (Wildman–Crippen MR) is 43.7 cm³/mol. The molecule has 0 saturated heterocycles. The number of carbonyl (C=O) groups is 1. The lowest BCUT2D eigenvalue weighted by Gasteiger charge is -2.23. The lowest BCUT2D eigenvalue weighted by Crippen LogP contribution is -2.15. The Bertz CT molecular complexity index is 151. The van der Waals surface area contributed by atoms with Crippen molar-refractivity contribution in [3.8, 4) is 0 Å². The number of carboxylic acids is 1. The molecular formula is C9H15FO2. The number of aliphatic carboxylic acids is 1. The average molecular weight is 174 g/mol. The summed E-state index contributed by atoms with van der Waals surface area (Å²) in [7, 11) is 0. The second kappa shape index (κ2) is 4.43. The Kier molecular flexibility index (Phi) is 3.50. The minimum Gasteiger partial charge on any atom is -0.481 e. The molecule has 0 spiro atoms. The van der Waals surface area contributed by atoms with Gasteiger partial charge in [0, 0.05) is 6.42 Å². The zero-order valence-electron chi connectivity index (χ0n) is 7.13. The molecule has 0 aliphatic heterocycles. The summed E-state index contributed by atoms with van der Waals surface area (Å²) in [6, 6.07) is 0. The quantitative estimate of drug-likeness (QED) is 0.713. The van der Waals surface area contributed by atoms with Crippen LogP contribution in [0.3, 0.4) is 0 Å². The fourth-order valence-corrected chi connectivity index (χ4v) is 1.74. The standard InChI is InChI=1S/C9H15FO2/c10-8-4-1-7(2-5-8)3-6-9(11)12/h7-8H,1-6H2,(H,11,12). The van der Waals surface area contributed by atoms with Gasteiger partial charge in [-0.25, -0.2) is 4.39 Å². The van der Waals surface area contributed by atoms with Crippen molar-refractivity contribution in [2.45, 2.75) is 44.7 Å². The molecule has 1 saturated carbocycles. The third kappa shape index (κ3) is 3.20. The van der Waals surface area contributed by atoms with E-state index >= 15 is 0 Å². The summed E-state index contributed by atoms with van der Waals surface area (Å²) in [6.07, 6.45) is 3.33. The van der Waals surface area contributed by atoms with Gasteiger partial charge in [0.1, 0.15) is 6.17 Å². The Morgan fingerprint density at radius 2 is 1.92 bits per heavy atom. The van der Waals surface area contributed by atoms with Crippen LogP contribution in [-0.4, -0.2) is 17.2 Å². The minimum absolute atomic E-state index is 0.238. The Labute approximate surface area is 71.8 Å². The minimum atomic E-state index is -0.739. The van der Waals surface area contributed by atoms with E-state index in [1.165, 1.54) is 0 Å². The highest BCUT2D eigenvalue weighted by Crippen LogP contribution is 2.29. The van der Waals surface area contributed by atoms with Crippen molar-refractivity contribution in [2.24, 2.45) is 5.92 Å². The third-order valence-electron chi connectivity index (χ3n) is 2.54. The molecule has 3 heteroatoms. The summed E-state index contributed by atoms with van der Waals surface area (Å²) < 4.78 is 12.6. The van der Waals surface area contributed by atoms with Crippen LogP contribution < -0.4 is 0 Å². The lowest BCUT2D eigenvalue weighted by molar-refractivity contribution is -0.137. The highest BCUT2D eigenvalue weighted by Gasteiger charge is 2.20. The molecule has 2 nitrogen and oxygen atoms in total. The van der Waals surface area contributed by atoms with E-state index in [-0.39, 0.29) is 6.42 Å². The molecule has 0 heterocycles. The maximum Gasteiger partial charge on any atom is 0.303 e. The van der Waals surface area contributed by atoms with Crippen molar-refractivity contribution >= 4 is 5.97 Å². The van der Waals surface area contributed by atoms with Crippen LogP contribution in [0.1, 0.15) is 38.5 Å².